The highest BCUT2D eigenvalue weighted by molar-refractivity contribution is 5.84. The van der Waals surface area contributed by atoms with Gasteiger partial charge < -0.3 is 9.47 Å². The molecule has 12 heavy (non-hydrogen) atoms. The molecule has 0 amide bonds. The molecule has 0 aromatic carbocycles. The molecular weight excluding hydrogens is 156 g/mol. The smallest absolute Gasteiger partial charge is 0.167 e. The van der Waals surface area contributed by atoms with E-state index in [1.165, 1.54) is 0 Å². The van der Waals surface area contributed by atoms with Crippen molar-refractivity contribution >= 4 is 5.78 Å². The molecule has 2 heterocycles. The Hall–Kier alpha value is -0.410. The van der Waals surface area contributed by atoms with Gasteiger partial charge in [-0.05, 0) is 13.3 Å². The summed E-state index contributed by atoms with van der Waals surface area (Å²) >= 11 is 0. The van der Waals surface area contributed by atoms with Crippen molar-refractivity contribution < 1.29 is 14.3 Å². The van der Waals surface area contributed by atoms with Gasteiger partial charge in [-0.25, -0.2) is 0 Å². The highest BCUT2D eigenvalue weighted by atomic mass is 16.8. The molecule has 0 N–H and O–H groups in total. The van der Waals surface area contributed by atoms with Gasteiger partial charge >= 0.3 is 0 Å². The van der Waals surface area contributed by atoms with Crippen LogP contribution in [0, 0.1) is 0 Å². The molecule has 2 saturated heterocycles. The maximum Gasteiger partial charge on any atom is 0.167 e. The number of hydrogen-bond acceptors (Lipinski definition) is 3. The largest absolute Gasteiger partial charge is 0.344 e. The number of fused-ring (bicyclic) bond motifs is 2. The number of rotatable bonds is 1. The summed E-state index contributed by atoms with van der Waals surface area (Å²) in [5.74, 6) is -0.268. The molecule has 0 unspecified atom stereocenters. The van der Waals surface area contributed by atoms with E-state index in [1.807, 2.05) is 13.8 Å². The highest BCUT2D eigenvalue weighted by Gasteiger charge is 2.50. The van der Waals surface area contributed by atoms with Crippen molar-refractivity contribution in [3.63, 3.8) is 0 Å². The Labute approximate surface area is 72.0 Å². The number of ketones is 1. The molecule has 68 valence electrons. The quantitative estimate of drug-likeness (QED) is 0.594. The second-order valence-corrected chi connectivity index (χ2v) is 3.70. The molecule has 0 aliphatic carbocycles. The summed E-state index contributed by atoms with van der Waals surface area (Å²) in [5.41, 5.74) is 0. The van der Waals surface area contributed by atoms with Crippen LogP contribution >= 0.6 is 0 Å². The third-order valence-corrected chi connectivity index (χ3v) is 2.66. The van der Waals surface area contributed by atoms with Gasteiger partial charge in [-0.3, -0.25) is 4.79 Å². The van der Waals surface area contributed by atoms with E-state index >= 15 is 0 Å². The molecule has 0 aromatic heterocycles. The van der Waals surface area contributed by atoms with Crippen molar-refractivity contribution in [1.29, 1.82) is 0 Å². The predicted octanol–water partition coefficient (Wildman–Crippen LogP) is 1.26. The molecule has 2 fully saturated rings. The number of carbonyl (C=O) groups excluding carboxylic acids is 1. The highest BCUT2D eigenvalue weighted by Crippen LogP contribution is 2.38. The third kappa shape index (κ3) is 1.08. The number of Topliss-reactive ketones (excluding diaryl/α,β-unsaturated/α-hetero) is 1. The van der Waals surface area contributed by atoms with Crippen LogP contribution in [-0.4, -0.2) is 23.8 Å². The Morgan fingerprint density at radius 1 is 1.58 bits per heavy atom. The molecular formula is C9H14O3. The number of carbonyl (C=O) groups is 1. The van der Waals surface area contributed by atoms with Gasteiger partial charge in [-0.1, -0.05) is 6.92 Å². The molecule has 2 aliphatic heterocycles. The van der Waals surface area contributed by atoms with Crippen LogP contribution in [0.5, 0.6) is 0 Å². The minimum absolute atomic E-state index is 0.00926. The SMILES string of the molecule is CC[C@H]1O[C@@]2(C)CCC(=O)[C@@H]1O2. The first-order chi connectivity index (χ1) is 5.64. The van der Waals surface area contributed by atoms with Crippen LogP contribution in [0.2, 0.25) is 0 Å². The van der Waals surface area contributed by atoms with Crippen LogP contribution in [0.25, 0.3) is 0 Å². The van der Waals surface area contributed by atoms with Crippen molar-refractivity contribution in [2.24, 2.45) is 0 Å². The van der Waals surface area contributed by atoms with Crippen molar-refractivity contribution in [1.82, 2.24) is 0 Å². The summed E-state index contributed by atoms with van der Waals surface area (Å²) in [6.07, 6.45) is 1.88. The molecule has 3 heteroatoms. The van der Waals surface area contributed by atoms with E-state index in [2.05, 4.69) is 0 Å². The first-order valence-electron chi connectivity index (χ1n) is 4.53. The van der Waals surface area contributed by atoms with E-state index in [0.29, 0.717) is 12.8 Å². The van der Waals surface area contributed by atoms with Gasteiger partial charge in [0.25, 0.3) is 0 Å². The second-order valence-electron chi connectivity index (χ2n) is 3.70. The average Bonchev–Trinajstić information content (AvgIpc) is 2.34. The fraction of sp³-hybridized carbons (Fsp3) is 0.889. The fourth-order valence-corrected chi connectivity index (χ4v) is 1.94. The summed E-state index contributed by atoms with van der Waals surface area (Å²) in [4.78, 5) is 11.4. The van der Waals surface area contributed by atoms with Gasteiger partial charge in [-0.15, -0.1) is 0 Å². The van der Waals surface area contributed by atoms with Gasteiger partial charge in [0.05, 0.1) is 6.10 Å². The first-order valence-corrected chi connectivity index (χ1v) is 4.53. The van der Waals surface area contributed by atoms with E-state index in [4.69, 9.17) is 9.47 Å². The van der Waals surface area contributed by atoms with Crippen LogP contribution < -0.4 is 0 Å². The van der Waals surface area contributed by atoms with E-state index in [1.54, 1.807) is 0 Å². The van der Waals surface area contributed by atoms with Crippen LogP contribution in [0.1, 0.15) is 33.1 Å². The Bertz CT molecular complexity index is 214. The monoisotopic (exact) mass is 170 g/mol. The minimum Gasteiger partial charge on any atom is -0.344 e. The van der Waals surface area contributed by atoms with E-state index in [9.17, 15) is 4.79 Å². The van der Waals surface area contributed by atoms with Crippen LogP contribution in [0.4, 0.5) is 0 Å². The normalized spacial score (nSPS) is 46.7. The maximum atomic E-state index is 11.4. The topological polar surface area (TPSA) is 35.5 Å². The summed E-state index contributed by atoms with van der Waals surface area (Å²) < 4.78 is 11.2. The molecule has 3 atom stereocenters. The standard InChI is InChI=1S/C9H14O3/c1-3-7-8-6(10)4-5-9(2,11-7)12-8/h7-8H,3-5H2,1-2H3/t7-,8+,9-/m1/s1. The maximum absolute atomic E-state index is 11.4. The zero-order valence-electron chi connectivity index (χ0n) is 7.50. The lowest BCUT2D eigenvalue weighted by atomic mass is 10.0. The lowest BCUT2D eigenvalue weighted by Crippen LogP contribution is -2.36. The Morgan fingerprint density at radius 2 is 2.33 bits per heavy atom. The van der Waals surface area contributed by atoms with Crippen LogP contribution in [-0.2, 0) is 14.3 Å². The van der Waals surface area contributed by atoms with Gasteiger partial charge in [0, 0.05) is 12.8 Å². The van der Waals surface area contributed by atoms with Crippen molar-refractivity contribution in [3.05, 3.63) is 0 Å². The summed E-state index contributed by atoms with van der Waals surface area (Å²) in [5, 5.41) is 0. The van der Waals surface area contributed by atoms with Crippen molar-refractivity contribution in [3.8, 4) is 0 Å². The van der Waals surface area contributed by atoms with Crippen molar-refractivity contribution in [2.75, 3.05) is 0 Å². The van der Waals surface area contributed by atoms with Crippen molar-refractivity contribution in [2.45, 2.75) is 51.1 Å². The average molecular weight is 170 g/mol. The molecule has 2 bridgehead atoms. The summed E-state index contributed by atoms with van der Waals surface area (Å²) in [6, 6.07) is 0. The molecule has 0 radical (unpaired) electrons. The Morgan fingerprint density at radius 3 is 3.00 bits per heavy atom. The van der Waals surface area contributed by atoms with Gasteiger partial charge in [0.1, 0.15) is 6.10 Å². The van der Waals surface area contributed by atoms with Gasteiger partial charge in [0.15, 0.2) is 11.6 Å². The van der Waals surface area contributed by atoms with E-state index in [-0.39, 0.29) is 18.0 Å². The molecule has 0 saturated carbocycles. The lowest BCUT2D eigenvalue weighted by molar-refractivity contribution is -0.183. The first kappa shape index (κ1) is 8.20. The lowest BCUT2D eigenvalue weighted by Gasteiger charge is -2.26. The second kappa shape index (κ2) is 2.54. The molecule has 2 aliphatic rings. The van der Waals surface area contributed by atoms with Gasteiger partial charge in [-0.2, -0.15) is 0 Å². The summed E-state index contributed by atoms with van der Waals surface area (Å²) in [7, 11) is 0. The zero-order valence-corrected chi connectivity index (χ0v) is 7.50. The summed E-state index contributed by atoms with van der Waals surface area (Å²) in [6.45, 7) is 3.94. The molecule has 0 aromatic rings. The predicted molar refractivity (Wildman–Crippen MR) is 42.7 cm³/mol. The van der Waals surface area contributed by atoms with Crippen LogP contribution in [0.3, 0.4) is 0 Å². The van der Waals surface area contributed by atoms with E-state index < -0.39 is 5.79 Å². The van der Waals surface area contributed by atoms with Gasteiger partial charge in [0.2, 0.25) is 0 Å². The third-order valence-electron chi connectivity index (χ3n) is 2.66. The Balaban J connectivity index is 2.20. The Kier molecular flexibility index (Phi) is 1.73. The van der Waals surface area contributed by atoms with E-state index in [0.717, 1.165) is 6.42 Å². The number of ether oxygens (including phenoxy) is 2. The minimum atomic E-state index is -0.473. The van der Waals surface area contributed by atoms with Crippen LogP contribution in [0.15, 0.2) is 0 Å². The molecule has 2 rings (SSSR count). The molecule has 0 spiro atoms. The molecule has 3 nitrogen and oxygen atoms in total. The number of hydrogen-bond donors (Lipinski definition) is 0. The zero-order chi connectivity index (χ0) is 8.77. The fourth-order valence-electron chi connectivity index (χ4n) is 1.94.